The number of halogens is 3. The molecule has 41 heavy (non-hydrogen) atoms. The van der Waals surface area contributed by atoms with Gasteiger partial charge in [-0.3, -0.25) is 19.5 Å². The van der Waals surface area contributed by atoms with E-state index in [1.165, 1.54) is 0 Å². The van der Waals surface area contributed by atoms with Crippen LogP contribution >= 0.6 is 0 Å². The first-order chi connectivity index (χ1) is 19.8. The van der Waals surface area contributed by atoms with E-state index >= 15 is 0 Å². The number of benzene rings is 1. The molecule has 5 heterocycles. The van der Waals surface area contributed by atoms with Gasteiger partial charge in [0.05, 0.1) is 37.8 Å². The highest BCUT2D eigenvalue weighted by Gasteiger charge is 2.54. The predicted molar refractivity (Wildman–Crippen MR) is 142 cm³/mol. The highest BCUT2D eigenvalue weighted by Crippen LogP contribution is 2.39. The van der Waals surface area contributed by atoms with Crippen LogP contribution in [0.2, 0.25) is 0 Å². The SMILES string of the molecule is FC(F)F.O=C(CN1CN(c2ccccc2)C2(CCN(C(=O)c3cc4cn[nH]c4cn3)CC2)C1=O)N1CCOCC1. The Balaban J connectivity index is 0.000000794. The van der Waals surface area contributed by atoms with Crippen molar-refractivity contribution in [2.24, 2.45) is 0 Å². The summed E-state index contributed by atoms with van der Waals surface area (Å²) in [7, 11) is 0. The van der Waals surface area contributed by atoms with E-state index in [2.05, 4.69) is 20.1 Å². The lowest BCUT2D eigenvalue weighted by molar-refractivity contribution is -0.143. The summed E-state index contributed by atoms with van der Waals surface area (Å²) in [6.45, 7) is -0.312. The molecule has 6 rings (SSSR count). The Morgan fingerprint density at radius 3 is 2.37 bits per heavy atom. The zero-order valence-electron chi connectivity index (χ0n) is 22.2. The molecular weight excluding hydrogens is 543 g/mol. The number of ether oxygens (including phenoxy) is 1. The fourth-order valence-corrected chi connectivity index (χ4v) is 5.60. The van der Waals surface area contributed by atoms with Crippen LogP contribution in [0, 0.1) is 0 Å². The molecule has 0 atom stereocenters. The second-order valence-electron chi connectivity index (χ2n) is 10.00. The molecule has 14 heteroatoms. The van der Waals surface area contributed by atoms with Gasteiger partial charge in [0.1, 0.15) is 17.8 Å². The maximum Gasteiger partial charge on any atom is 0.379 e. The fourth-order valence-electron chi connectivity index (χ4n) is 5.60. The first kappa shape index (κ1) is 28.3. The van der Waals surface area contributed by atoms with Crippen molar-refractivity contribution < 1.29 is 32.3 Å². The summed E-state index contributed by atoms with van der Waals surface area (Å²) < 4.78 is 34.4. The lowest BCUT2D eigenvalue weighted by Gasteiger charge is -2.43. The van der Waals surface area contributed by atoms with Crippen molar-refractivity contribution in [3.8, 4) is 0 Å². The fraction of sp³-hybridized carbons (Fsp3) is 0.444. The number of rotatable bonds is 4. The van der Waals surface area contributed by atoms with E-state index < -0.39 is 12.2 Å². The van der Waals surface area contributed by atoms with E-state index in [-0.39, 0.29) is 24.3 Å². The summed E-state index contributed by atoms with van der Waals surface area (Å²) in [5.74, 6) is -0.271. The van der Waals surface area contributed by atoms with Gasteiger partial charge in [0.2, 0.25) is 5.91 Å². The van der Waals surface area contributed by atoms with Crippen molar-refractivity contribution in [2.45, 2.75) is 25.1 Å². The molecule has 3 aliphatic heterocycles. The van der Waals surface area contributed by atoms with E-state index in [4.69, 9.17) is 4.74 Å². The third-order valence-electron chi connectivity index (χ3n) is 7.69. The summed E-state index contributed by atoms with van der Waals surface area (Å²) in [4.78, 5) is 51.7. The number of amides is 3. The zero-order valence-corrected chi connectivity index (χ0v) is 22.2. The molecular formula is C27H30F3N7O4. The Bertz CT molecular complexity index is 1370. The monoisotopic (exact) mass is 573 g/mol. The summed E-state index contributed by atoms with van der Waals surface area (Å²) >= 11 is 0. The Kier molecular flexibility index (Phi) is 8.38. The van der Waals surface area contributed by atoms with Crippen LogP contribution in [0.25, 0.3) is 10.9 Å². The number of hydrogen-bond acceptors (Lipinski definition) is 7. The number of likely N-dealkylation sites (tertiary alicyclic amines) is 1. The van der Waals surface area contributed by atoms with Crippen LogP contribution in [0.1, 0.15) is 23.3 Å². The van der Waals surface area contributed by atoms with Crippen molar-refractivity contribution in [1.82, 2.24) is 29.9 Å². The number of alkyl halides is 3. The van der Waals surface area contributed by atoms with Crippen molar-refractivity contribution in [3.05, 3.63) is 54.5 Å². The first-order valence-electron chi connectivity index (χ1n) is 13.3. The van der Waals surface area contributed by atoms with E-state index in [0.717, 1.165) is 16.6 Å². The van der Waals surface area contributed by atoms with E-state index in [9.17, 15) is 27.6 Å². The Morgan fingerprint density at radius 2 is 1.68 bits per heavy atom. The first-order valence-corrected chi connectivity index (χ1v) is 13.3. The van der Waals surface area contributed by atoms with E-state index in [1.54, 1.807) is 33.2 Å². The molecule has 3 amide bonds. The van der Waals surface area contributed by atoms with Crippen molar-refractivity contribution >= 4 is 34.3 Å². The lowest BCUT2D eigenvalue weighted by atomic mass is 9.85. The number of nitrogens with zero attached hydrogens (tertiary/aromatic N) is 6. The number of morpholine rings is 1. The topological polar surface area (TPSA) is 115 Å². The normalized spacial score (nSPS) is 18.7. The van der Waals surface area contributed by atoms with Gasteiger partial charge in [-0.2, -0.15) is 18.3 Å². The third kappa shape index (κ3) is 5.97. The van der Waals surface area contributed by atoms with Crippen LogP contribution in [-0.2, 0) is 14.3 Å². The van der Waals surface area contributed by atoms with E-state index in [1.807, 2.05) is 30.3 Å². The minimum absolute atomic E-state index is 0.0429. The second-order valence-corrected chi connectivity index (χ2v) is 10.00. The van der Waals surface area contributed by atoms with Crippen LogP contribution in [-0.4, -0.2) is 112 Å². The van der Waals surface area contributed by atoms with Gasteiger partial charge in [0.15, 0.2) is 0 Å². The van der Waals surface area contributed by atoms with Gasteiger partial charge in [-0.1, -0.05) is 18.2 Å². The number of carbonyl (C=O) groups is 3. The predicted octanol–water partition coefficient (Wildman–Crippen LogP) is 2.28. The average molecular weight is 574 g/mol. The van der Waals surface area contributed by atoms with Crippen molar-refractivity contribution in [3.63, 3.8) is 0 Å². The summed E-state index contributed by atoms with van der Waals surface area (Å²) in [6, 6.07) is 11.6. The number of carbonyl (C=O) groups excluding carboxylic acids is 3. The molecule has 0 bridgehead atoms. The van der Waals surface area contributed by atoms with Crippen LogP contribution < -0.4 is 4.90 Å². The van der Waals surface area contributed by atoms with Gasteiger partial charge in [-0.25, -0.2) is 4.98 Å². The van der Waals surface area contributed by atoms with Crippen LogP contribution in [0.4, 0.5) is 18.9 Å². The Labute approximate surface area is 233 Å². The lowest BCUT2D eigenvalue weighted by Crippen LogP contribution is -2.57. The molecule has 11 nitrogen and oxygen atoms in total. The standard InChI is InChI=1S/C26H29N7O4.CHF3/c34-23(30-10-12-37-13-11-30)17-32-18-33(20-4-2-1-3-5-20)26(25(32)36)6-8-31(9-7-26)24(35)21-14-19-15-28-29-22(19)16-27-21;2-1(3)4/h1-5,14-16H,6-13,17-18H2,(H,28,29);1H. The minimum atomic E-state index is -3.67. The molecule has 3 saturated heterocycles. The van der Waals surface area contributed by atoms with Crippen LogP contribution in [0.5, 0.6) is 0 Å². The van der Waals surface area contributed by atoms with Gasteiger partial charge in [0, 0.05) is 37.3 Å². The number of nitrogens with one attached hydrogen (secondary N) is 1. The molecule has 218 valence electrons. The molecule has 1 spiro atoms. The molecule has 0 aliphatic carbocycles. The number of H-pyrrole nitrogens is 1. The van der Waals surface area contributed by atoms with Crippen molar-refractivity contribution in [1.29, 1.82) is 0 Å². The highest BCUT2D eigenvalue weighted by atomic mass is 19.4. The summed E-state index contributed by atoms with van der Waals surface area (Å²) in [5.41, 5.74) is 1.27. The molecule has 2 aromatic heterocycles. The number of anilines is 1. The number of fused-ring (bicyclic) bond motifs is 1. The molecule has 1 N–H and O–H groups in total. The number of aromatic nitrogens is 3. The minimum Gasteiger partial charge on any atom is -0.378 e. The largest absolute Gasteiger partial charge is 0.379 e. The molecule has 3 fully saturated rings. The highest BCUT2D eigenvalue weighted by molar-refractivity contribution is 5.98. The maximum absolute atomic E-state index is 13.9. The number of hydrogen-bond donors (Lipinski definition) is 1. The smallest absolute Gasteiger partial charge is 0.378 e. The van der Waals surface area contributed by atoms with Gasteiger partial charge >= 0.3 is 6.68 Å². The molecule has 3 aliphatic rings. The Hall–Kier alpha value is -4.20. The van der Waals surface area contributed by atoms with Gasteiger partial charge < -0.3 is 24.3 Å². The number of pyridine rings is 1. The quantitative estimate of drug-likeness (QED) is 0.509. The second kappa shape index (κ2) is 12.1. The zero-order chi connectivity index (χ0) is 29.0. The van der Waals surface area contributed by atoms with Crippen LogP contribution in [0.15, 0.2) is 48.8 Å². The van der Waals surface area contributed by atoms with Gasteiger partial charge in [0.25, 0.3) is 11.8 Å². The molecule has 0 saturated carbocycles. The van der Waals surface area contributed by atoms with Crippen LogP contribution in [0.3, 0.4) is 0 Å². The average Bonchev–Trinajstić information content (AvgIpc) is 3.56. The molecule has 3 aromatic rings. The number of aromatic amines is 1. The third-order valence-corrected chi connectivity index (χ3v) is 7.69. The van der Waals surface area contributed by atoms with Gasteiger partial charge in [-0.05, 0) is 31.0 Å². The molecule has 1 aromatic carbocycles. The molecule has 0 radical (unpaired) electrons. The summed E-state index contributed by atoms with van der Waals surface area (Å²) in [5, 5.41) is 7.67. The van der Waals surface area contributed by atoms with Gasteiger partial charge in [-0.15, -0.1) is 0 Å². The summed E-state index contributed by atoms with van der Waals surface area (Å²) in [6.07, 6.45) is 4.23. The van der Waals surface area contributed by atoms with Crippen molar-refractivity contribution in [2.75, 3.05) is 57.5 Å². The Morgan fingerprint density at radius 1 is 1.00 bits per heavy atom. The van der Waals surface area contributed by atoms with E-state index in [0.29, 0.717) is 64.6 Å². The number of para-hydroxylation sites is 1. The maximum atomic E-state index is 13.9. The molecule has 0 unspecified atom stereocenters. The number of piperidine rings is 1.